The second-order valence-electron chi connectivity index (χ2n) is 6.46. The molecule has 0 bridgehead atoms. The summed E-state index contributed by atoms with van der Waals surface area (Å²) in [5.74, 6) is 0.324. The van der Waals surface area contributed by atoms with Gasteiger partial charge in [0.05, 0.1) is 15.6 Å². The van der Waals surface area contributed by atoms with Crippen LogP contribution in [0.4, 0.5) is 13.2 Å². The molecule has 3 rings (SSSR count). The van der Waals surface area contributed by atoms with Crippen molar-refractivity contribution >= 4 is 29.5 Å². The van der Waals surface area contributed by atoms with Crippen LogP contribution >= 0.6 is 23.5 Å². The first-order valence-electron chi connectivity index (χ1n) is 8.16. The summed E-state index contributed by atoms with van der Waals surface area (Å²) >= 11 is 3.61. The molecular formula is C17H20F3NO2S2. The molecule has 2 N–H and O–H groups in total. The van der Waals surface area contributed by atoms with E-state index in [1.54, 1.807) is 30.4 Å². The van der Waals surface area contributed by atoms with Crippen LogP contribution in [0.5, 0.6) is 0 Å². The van der Waals surface area contributed by atoms with E-state index in [1.807, 2.05) is 0 Å². The Hall–Kier alpha value is -0.860. The number of hydrogen-bond acceptors (Lipinski definition) is 4. The van der Waals surface area contributed by atoms with Gasteiger partial charge in [0, 0.05) is 23.5 Å². The Bertz CT molecular complexity index is 630. The third-order valence-electron chi connectivity index (χ3n) is 5.01. The summed E-state index contributed by atoms with van der Waals surface area (Å²) in [5, 5.41) is 13.0. The van der Waals surface area contributed by atoms with Crippen molar-refractivity contribution in [3.05, 3.63) is 35.4 Å². The molecule has 0 aliphatic carbocycles. The van der Waals surface area contributed by atoms with Crippen molar-refractivity contribution in [2.45, 2.75) is 29.6 Å². The quantitative estimate of drug-likeness (QED) is 0.807. The molecule has 2 heterocycles. The highest BCUT2D eigenvalue weighted by Crippen LogP contribution is 2.58. The van der Waals surface area contributed by atoms with Crippen molar-refractivity contribution in [3.63, 3.8) is 0 Å². The SMILES string of the molecule is CC(C(=O)O)[C@H]1[C@H](c2ccc(C(F)(F)F)cc2)NCCC12SCCS2. The standard InChI is InChI=1S/C17H20F3NO2S2/c1-10(15(22)23)13-14(21-7-6-16(13)24-8-9-25-16)11-2-4-12(5-3-11)17(18,19)20/h2-5,10,13-14,21H,6-9H2,1H3,(H,22,23)/t10?,13-,14-/m0/s1. The Morgan fingerprint density at radius 1 is 1.28 bits per heavy atom. The summed E-state index contributed by atoms with van der Waals surface area (Å²) in [4.78, 5) is 11.7. The average Bonchev–Trinajstić information content (AvgIpc) is 3.02. The third-order valence-corrected chi connectivity index (χ3v) is 8.72. The van der Waals surface area contributed by atoms with Crippen LogP contribution in [0, 0.1) is 11.8 Å². The molecule has 3 atom stereocenters. The maximum Gasteiger partial charge on any atom is 0.416 e. The lowest BCUT2D eigenvalue weighted by Crippen LogP contribution is -2.51. The summed E-state index contributed by atoms with van der Waals surface area (Å²) in [7, 11) is 0. The molecule has 1 spiro atoms. The highest BCUT2D eigenvalue weighted by molar-refractivity contribution is 8.21. The molecule has 138 valence electrons. The highest BCUT2D eigenvalue weighted by atomic mass is 32.2. The van der Waals surface area contributed by atoms with E-state index in [4.69, 9.17) is 0 Å². The summed E-state index contributed by atoms with van der Waals surface area (Å²) in [5.41, 5.74) is 0.0347. The van der Waals surface area contributed by atoms with Crippen molar-refractivity contribution in [3.8, 4) is 0 Å². The lowest BCUT2D eigenvalue weighted by atomic mass is 9.77. The normalized spacial score (nSPS) is 27.4. The fourth-order valence-corrected chi connectivity index (χ4v) is 7.53. The van der Waals surface area contributed by atoms with E-state index in [9.17, 15) is 23.1 Å². The van der Waals surface area contributed by atoms with Gasteiger partial charge in [0.25, 0.3) is 0 Å². The molecule has 0 radical (unpaired) electrons. The minimum Gasteiger partial charge on any atom is -0.481 e. The molecule has 2 saturated heterocycles. The van der Waals surface area contributed by atoms with Gasteiger partial charge in [-0.15, -0.1) is 23.5 Å². The molecule has 1 unspecified atom stereocenters. The number of rotatable bonds is 3. The Labute approximate surface area is 153 Å². The molecule has 3 nitrogen and oxygen atoms in total. The summed E-state index contributed by atoms with van der Waals surface area (Å²) in [6, 6.07) is 4.85. The Morgan fingerprint density at radius 3 is 2.40 bits per heavy atom. The smallest absolute Gasteiger partial charge is 0.416 e. The minimum atomic E-state index is -4.37. The van der Waals surface area contributed by atoms with Gasteiger partial charge in [0.2, 0.25) is 0 Å². The lowest BCUT2D eigenvalue weighted by Gasteiger charge is -2.47. The summed E-state index contributed by atoms with van der Waals surface area (Å²) in [6.45, 7) is 2.44. The topological polar surface area (TPSA) is 49.3 Å². The number of benzene rings is 1. The first-order valence-corrected chi connectivity index (χ1v) is 10.1. The molecule has 1 aromatic carbocycles. The van der Waals surface area contributed by atoms with Gasteiger partial charge in [-0.05, 0) is 30.7 Å². The Kier molecular flexibility index (Phi) is 5.33. The van der Waals surface area contributed by atoms with Crippen molar-refractivity contribution in [2.75, 3.05) is 18.1 Å². The number of piperidine rings is 1. The van der Waals surface area contributed by atoms with Crippen molar-refractivity contribution < 1.29 is 23.1 Å². The number of hydrogen-bond donors (Lipinski definition) is 2. The molecule has 1 aromatic rings. The van der Waals surface area contributed by atoms with Crippen LogP contribution in [0.25, 0.3) is 0 Å². The van der Waals surface area contributed by atoms with Gasteiger partial charge in [-0.2, -0.15) is 13.2 Å². The molecule has 2 aliphatic rings. The lowest BCUT2D eigenvalue weighted by molar-refractivity contribution is -0.144. The van der Waals surface area contributed by atoms with Gasteiger partial charge >= 0.3 is 12.1 Å². The van der Waals surface area contributed by atoms with Crippen LogP contribution in [-0.4, -0.2) is 33.2 Å². The number of nitrogens with one attached hydrogen (secondary N) is 1. The zero-order chi connectivity index (χ0) is 18.2. The number of alkyl halides is 3. The molecule has 2 fully saturated rings. The van der Waals surface area contributed by atoms with Gasteiger partial charge in [0.15, 0.2) is 0 Å². The van der Waals surface area contributed by atoms with E-state index in [0.29, 0.717) is 0 Å². The number of carboxylic acids is 1. The highest BCUT2D eigenvalue weighted by Gasteiger charge is 2.52. The van der Waals surface area contributed by atoms with Crippen LogP contribution in [0.3, 0.4) is 0 Å². The maximum absolute atomic E-state index is 12.8. The molecule has 0 saturated carbocycles. The van der Waals surface area contributed by atoms with Gasteiger partial charge in [0.1, 0.15) is 0 Å². The largest absolute Gasteiger partial charge is 0.481 e. The first-order chi connectivity index (χ1) is 11.7. The van der Waals surface area contributed by atoms with E-state index in [-0.39, 0.29) is 16.0 Å². The van der Waals surface area contributed by atoms with Crippen LogP contribution in [0.15, 0.2) is 24.3 Å². The van der Waals surface area contributed by atoms with E-state index in [1.165, 1.54) is 12.1 Å². The second-order valence-corrected chi connectivity index (χ2v) is 9.57. The van der Waals surface area contributed by atoms with E-state index in [0.717, 1.165) is 42.2 Å². The molecular weight excluding hydrogens is 371 g/mol. The Balaban J connectivity index is 1.96. The summed E-state index contributed by atoms with van der Waals surface area (Å²) < 4.78 is 38.3. The predicted molar refractivity (Wildman–Crippen MR) is 94.7 cm³/mol. The van der Waals surface area contributed by atoms with Gasteiger partial charge in [-0.1, -0.05) is 19.1 Å². The summed E-state index contributed by atoms with van der Waals surface area (Å²) in [6.07, 6.45) is -3.51. The third kappa shape index (κ3) is 3.66. The average molecular weight is 391 g/mol. The van der Waals surface area contributed by atoms with Gasteiger partial charge < -0.3 is 10.4 Å². The zero-order valence-corrected chi connectivity index (χ0v) is 15.3. The monoisotopic (exact) mass is 391 g/mol. The number of aliphatic carboxylic acids is 1. The predicted octanol–water partition coefficient (Wildman–Crippen LogP) is 4.25. The second kappa shape index (κ2) is 7.04. The molecule has 2 aliphatic heterocycles. The maximum atomic E-state index is 12.8. The fraction of sp³-hybridized carbons (Fsp3) is 0.588. The van der Waals surface area contributed by atoms with Gasteiger partial charge in [-0.25, -0.2) is 0 Å². The van der Waals surface area contributed by atoms with Crippen molar-refractivity contribution in [2.24, 2.45) is 11.8 Å². The van der Waals surface area contributed by atoms with E-state index >= 15 is 0 Å². The van der Waals surface area contributed by atoms with E-state index in [2.05, 4.69) is 5.32 Å². The molecule has 0 aromatic heterocycles. The van der Waals surface area contributed by atoms with Crippen LogP contribution in [0.1, 0.15) is 30.5 Å². The van der Waals surface area contributed by atoms with Crippen LogP contribution in [0.2, 0.25) is 0 Å². The number of thioether (sulfide) groups is 2. The molecule has 0 amide bonds. The zero-order valence-electron chi connectivity index (χ0n) is 13.7. The number of carboxylic acid groups (broad SMARTS) is 1. The fourth-order valence-electron chi connectivity index (χ4n) is 3.78. The minimum absolute atomic E-state index is 0.184. The Morgan fingerprint density at radius 2 is 1.88 bits per heavy atom. The molecule has 8 heteroatoms. The number of halogens is 3. The first kappa shape index (κ1) is 18.9. The molecule has 25 heavy (non-hydrogen) atoms. The number of carbonyl (C=O) groups is 1. The van der Waals surface area contributed by atoms with Crippen LogP contribution < -0.4 is 5.32 Å². The van der Waals surface area contributed by atoms with Crippen LogP contribution in [-0.2, 0) is 11.0 Å². The van der Waals surface area contributed by atoms with E-state index < -0.39 is 23.6 Å². The van der Waals surface area contributed by atoms with Crippen molar-refractivity contribution in [1.82, 2.24) is 5.32 Å². The van der Waals surface area contributed by atoms with Crippen molar-refractivity contribution in [1.29, 1.82) is 0 Å². The van der Waals surface area contributed by atoms with Gasteiger partial charge in [-0.3, -0.25) is 4.79 Å².